The van der Waals surface area contributed by atoms with Crippen LogP contribution < -0.4 is 11.0 Å². The molecule has 1 amide bonds. The molecule has 0 bridgehead atoms. The molecule has 1 aromatic heterocycles. The van der Waals surface area contributed by atoms with E-state index in [9.17, 15) is 19.2 Å². The molecular formula is C25H18BrN3O6. The van der Waals surface area contributed by atoms with Crippen molar-refractivity contribution in [2.75, 3.05) is 11.9 Å². The number of amides is 1. The number of halogens is 1. The molecule has 9 nitrogen and oxygen atoms in total. The lowest BCUT2D eigenvalue weighted by Crippen LogP contribution is -2.23. The number of benzene rings is 3. The highest BCUT2D eigenvalue weighted by Crippen LogP contribution is 2.31. The Bertz CT molecular complexity index is 1530. The van der Waals surface area contributed by atoms with Crippen molar-refractivity contribution in [1.29, 1.82) is 0 Å². The third kappa shape index (κ3) is 4.73. The maximum atomic E-state index is 12.6. The SMILES string of the molecule is O=C(COC(=O)c1ccc2c(c1)CC(c1ccccc1)OC2=O)Nc1cc2[nH]c(=O)[nH]c2cc1Br. The van der Waals surface area contributed by atoms with Crippen LogP contribution >= 0.6 is 15.9 Å². The van der Waals surface area contributed by atoms with Crippen LogP contribution in [-0.2, 0) is 20.7 Å². The van der Waals surface area contributed by atoms with Crippen molar-refractivity contribution in [1.82, 2.24) is 9.97 Å². The third-order valence-electron chi connectivity index (χ3n) is 5.60. The molecule has 0 fully saturated rings. The lowest BCUT2D eigenvalue weighted by Gasteiger charge is -2.25. The zero-order valence-electron chi connectivity index (χ0n) is 18.1. The molecule has 1 aliphatic rings. The van der Waals surface area contributed by atoms with Crippen molar-refractivity contribution in [3.63, 3.8) is 0 Å². The normalized spacial score (nSPS) is 14.8. The van der Waals surface area contributed by atoms with Crippen molar-refractivity contribution < 1.29 is 23.9 Å². The monoisotopic (exact) mass is 535 g/mol. The summed E-state index contributed by atoms with van der Waals surface area (Å²) >= 11 is 3.34. The lowest BCUT2D eigenvalue weighted by atomic mass is 9.93. The number of cyclic esters (lactones) is 1. The fraction of sp³-hybridized carbons (Fsp3) is 0.120. The third-order valence-corrected chi connectivity index (χ3v) is 6.25. The maximum absolute atomic E-state index is 12.6. The van der Waals surface area contributed by atoms with Gasteiger partial charge in [0.1, 0.15) is 6.10 Å². The highest BCUT2D eigenvalue weighted by Gasteiger charge is 2.28. The largest absolute Gasteiger partial charge is 0.454 e. The van der Waals surface area contributed by atoms with Gasteiger partial charge in [0.25, 0.3) is 5.91 Å². The zero-order chi connectivity index (χ0) is 24.5. The summed E-state index contributed by atoms with van der Waals surface area (Å²) < 4.78 is 11.3. The van der Waals surface area contributed by atoms with Crippen LogP contribution in [-0.4, -0.2) is 34.4 Å². The molecule has 0 saturated heterocycles. The van der Waals surface area contributed by atoms with E-state index < -0.39 is 30.6 Å². The lowest BCUT2D eigenvalue weighted by molar-refractivity contribution is -0.119. The van der Waals surface area contributed by atoms with Crippen LogP contribution in [0.15, 0.2) is 69.9 Å². The molecule has 5 rings (SSSR count). The molecule has 1 atom stereocenters. The highest BCUT2D eigenvalue weighted by molar-refractivity contribution is 9.10. The van der Waals surface area contributed by atoms with E-state index in [1.54, 1.807) is 18.2 Å². The maximum Gasteiger partial charge on any atom is 0.339 e. The first-order valence-electron chi connectivity index (χ1n) is 10.6. The van der Waals surface area contributed by atoms with Crippen LogP contribution in [0.5, 0.6) is 0 Å². The second-order valence-corrected chi connectivity index (χ2v) is 8.82. The number of hydrogen-bond acceptors (Lipinski definition) is 6. The summed E-state index contributed by atoms with van der Waals surface area (Å²) in [5.41, 5.74) is 3.31. The van der Waals surface area contributed by atoms with Crippen LogP contribution in [0.3, 0.4) is 0 Å². The Kier molecular flexibility index (Phi) is 5.96. The van der Waals surface area contributed by atoms with Crippen LogP contribution in [0.2, 0.25) is 0 Å². The van der Waals surface area contributed by atoms with E-state index in [1.165, 1.54) is 12.1 Å². The van der Waals surface area contributed by atoms with Crippen molar-refractivity contribution in [3.8, 4) is 0 Å². The van der Waals surface area contributed by atoms with Gasteiger partial charge >= 0.3 is 17.6 Å². The smallest absolute Gasteiger partial charge is 0.339 e. The molecule has 2 heterocycles. The molecule has 10 heteroatoms. The first-order valence-corrected chi connectivity index (χ1v) is 11.4. The van der Waals surface area contributed by atoms with Gasteiger partial charge in [0, 0.05) is 10.9 Å². The Morgan fingerprint density at radius 1 is 1.03 bits per heavy atom. The summed E-state index contributed by atoms with van der Waals surface area (Å²) in [5, 5.41) is 2.64. The Morgan fingerprint density at radius 2 is 1.77 bits per heavy atom. The first-order chi connectivity index (χ1) is 16.9. The Morgan fingerprint density at radius 3 is 2.54 bits per heavy atom. The van der Waals surface area contributed by atoms with Crippen molar-refractivity contribution in [2.45, 2.75) is 12.5 Å². The minimum atomic E-state index is -0.692. The number of esters is 2. The van der Waals surface area contributed by atoms with Crippen LogP contribution in [0.25, 0.3) is 11.0 Å². The molecule has 0 spiro atoms. The number of hydrogen-bond donors (Lipinski definition) is 3. The van der Waals surface area contributed by atoms with Crippen LogP contribution in [0.1, 0.15) is 37.9 Å². The minimum Gasteiger partial charge on any atom is -0.454 e. The Balaban J connectivity index is 1.25. The molecular weight excluding hydrogens is 518 g/mol. The number of aromatic amines is 2. The molecule has 1 aliphatic heterocycles. The first kappa shape index (κ1) is 22.6. The number of carbonyl (C=O) groups is 3. The van der Waals surface area contributed by atoms with E-state index in [2.05, 4.69) is 31.2 Å². The number of carbonyl (C=O) groups excluding carboxylic acids is 3. The summed E-state index contributed by atoms with van der Waals surface area (Å²) in [5.74, 6) is -1.70. The Labute approximate surface area is 206 Å². The van der Waals surface area contributed by atoms with Gasteiger partial charge < -0.3 is 24.8 Å². The standard InChI is InChI=1S/C25H18BrN3O6/c26-17-10-19-20(29-25(33)28-19)11-18(17)27-22(30)12-34-23(31)14-6-7-16-15(8-14)9-21(35-24(16)32)13-4-2-1-3-5-13/h1-8,10-11,21H,9,12H2,(H,27,30)(H2,28,29,33). The summed E-state index contributed by atoms with van der Waals surface area (Å²) in [6.07, 6.45) is -0.0243. The van der Waals surface area contributed by atoms with Gasteiger partial charge in [0.05, 0.1) is 27.8 Å². The second-order valence-electron chi connectivity index (χ2n) is 7.96. The minimum absolute atomic E-state index is 0.227. The Hall–Kier alpha value is -4.18. The topological polar surface area (TPSA) is 130 Å². The fourth-order valence-electron chi connectivity index (χ4n) is 3.93. The van der Waals surface area contributed by atoms with Gasteiger partial charge in [-0.3, -0.25) is 4.79 Å². The summed E-state index contributed by atoms with van der Waals surface area (Å²) in [7, 11) is 0. The van der Waals surface area contributed by atoms with E-state index >= 15 is 0 Å². The number of nitrogens with one attached hydrogen (secondary N) is 3. The number of anilines is 1. The van der Waals surface area contributed by atoms with Gasteiger partial charge in [-0.2, -0.15) is 0 Å². The predicted octanol–water partition coefficient (Wildman–Crippen LogP) is 3.87. The molecule has 3 aromatic carbocycles. The average molecular weight is 536 g/mol. The number of imidazole rings is 1. The molecule has 1 unspecified atom stereocenters. The molecule has 176 valence electrons. The van der Waals surface area contributed by atoms with E-state index in [0.717, 1.165) is 5.56 Å². The number of ether oxygens (including phenoxy) is 2. The van der Waals surface area contributed by atoms with Gasteiger partial charge in [-0.1, -0.05) is 30.3 Å². The summed E-state index contributed by atoms with van der Waals surface area (Å²) in [4.78, 5) is 54.1. The van der Waals surface area contributed by atoms with E-state index in [1.807, 2.05) is 30.3 Å². The summed E-state index contributed by atoms with van der Waals surface area (Å²) in [6, 6.07) is 17.2. The molecule has 0 radical (unpaired) electrons. The van der Waals surface area contributed by atoms with Crippen molar-refractivity contribution in [3.05, 3.63) is 97.9 Å². The zero-order valence-corrected chi connectivity index (χ0v) is 19.7. The van der Waals surface area contributed by atoms with E-state index in [4.69, 9.17) is 9.47 Å². The molecule has 35 heavy (non-hydrogen) atoms. The fourth-order valence-corrected chi connectivity index (χ4v) is 4.37. The quantitative estimate of drug-likeness (QED) is 0.332. The molecule has 0 aliphatic carbocycles. The molecule has 4 aromatic rings. The predicted molar refractivity (Wildman–Crippen MR) is 130 cm³/mol. The van der Waals surface area contributed by atoms with Crippen molar-refractivity contribution in [2.24, 2.45) is 0 Å². The van der Waals surface area contributed by atoms with Gasteiger partial charge in [0.15, 0.2) is 6.61 Å². The second kappa shape index (κ2) is 9.22. The highest BCUT2D eigenvalue weighted by atomic mass is 79.9. The van der Waals surface area contributed by atoms with Gasteiger partial charge in [0.2, 0.25) is 0 Å². The number of H-pyrrole nitrogens is 2. The molecule has 0 saturated carbocycles. The van der Waals surface area contributed by atoms with Gasteiger partial charge in [-0.15, -0.1) is 0 Å². The van der Waals surface area contributed by atoms with Crippen LogP contribution in [0.4, 0.5) is 5.69 Å². The average Bonchev–Trinajstić information content (AvgIpc) is 3.21. The van der Waals surface area contributed by atoms with Gasteiger partial charge in [-0.05, 0) is 57.4 Å². The van der Waals surface area contributed by atoms with E-state index in [-0.39, 0.29) is 11.3 Å². The summed E-state index contributed by atoms with van der Waals surface area (Å²) in [6.45, 7) is -0.515. The molecule has 3 N–H and O–H groups in total. The number of fused-ring (bicyclic) bond motifs is 2. The van der Waals surface area contributed by atoms with Crippen molar-refractivity contribution >= 4 is 50.5 Å². The van der Waals surface area contributed by atoms with Gasteiger partial charge in [-0.25, -0.2) is 14.4 Å². The number of rotatable bonds is 5. The number of aromatic nitrogens is 2. The van der Waals surface area contributed by atoms with E-state index in [0.29, 0.717) is 38.7 Å². The van der Waals surface area contributed by atoms with Crippen LogP contribution in [0, 0.1) is 0 Å².